The van der Waals surface area contributed by atoms with Gasteiger partial charge in [0.1, 0.15) is 5.60 Å². The number of benzene rings is 1. The van der Waals surface area contributed by atoms with Gasteiger partial charge in [-0.2, -0.15) is 0 Å². The molecule has 0 heterocycles. The van der Waals surface area contributed by atoms with Crippen LogP contribution in [0, 0.1) is 0 Å². The topological polar surface area (TPSA) is 96.5 Å². The molecule has 3 N–H and O–H groups in total. The molecule has 7 nitrogen and oxygen atoms in total. The Kier molecular flexibility index (Phi) is 7.57. The van der Waals surface area contributed by atoms with Crippen molar-refractivity contribution in [1.29, 1.82) is 0 Å². The van der Waals surface area contributed by atoms with Crippen LogP contribution in [0.4, 0.5) is 4.79 Å². The highest BCUT2D eigenvalue weighted by Crippen LogP contribution is 2.12. The van der Waals surface area contributed by atoms with E-state index in [4.69, 9.17) is 4.74 Å². The Morgan fingerprint density at radius 2 is 1.67 bits per heavy atom. The Labute approximate surface area is 146 Å². The summed E-state index contributed by atoms with van der Waals surface area (Å²) in [6.45, 7) is 5.52. The molecule has 0 saturated carbocycles. The van der Waals surface area contributed by atoms with Crippen molar-refractivity contribution in [1.82, 2.24) is 16.0 Å². The Balaban J connectivity index is 2.21. The van der Waals surface area contributed by atoms with Gasteiger partial charge >= 0.3 is 6.09 Å². The SMILES string of the molecule is CC(C)(C)OC(=O)NCC(=O)NCCNC(=O)c1ccccc1S. The van der Waals surface area contributed by atoms with E-state index in [9.17, 15) is 14.4 Å². The molecule has 0 bridgehead atoms. The molecular weight excluding hydrogens is 330 g/mol. The quantitative estimate of drug-likeness (QED) is 0.458. The maximum Gasteiger partial charge on any atom is 0.408 e. The summed E-state index contributed by atoms with van der Waals surface area (Å²) < 4.78 is 5.01. The van der Waals surface area contributed by atoms with Gasteiger partial charge in [-0.3, -0.25) is 9.59 Å². The van der Waals surface area contributed by atoms with Gasteiger partial charge in [0.05, 0.1) is 12.1 Å². The summed E-state index contributed by atoms with van der Waals surface area (Å²) in [6.07, 6.45) is -0.656. The largest absolute Gasteiger partial charge is 0.444 e. The van der Waals surface area contributed by atoms with E-state index in [2.05, 4.69) is 28.6 Å². The fourth-order valence-electron chi connectivity index (χ4n) is 1.67. The summed E-state index contributed by atoms with van der Waals surface area (Å²) >= 11 is 4.21. The Morgan fingerprint density at radius 1 is 1.04 bits per heavy atom. The number of hydrogen-bond donors (Lipinski definition) is 4. The van der Waals surface area contributed by atoms with Crippen molar-refractivity contribution in [3.63, 3.8) is 0 Å². The average Bonchev–Trinajstić information content (AvgIpc) is 2.48. The minimum Gasteiger partial charge on any atom is -0.444 e. The van der Waals surface area contributed by atoms with Crippen LogP contribution in [0.5, 0.6) is 0 Å². The second-order valence-corrected chi connectivity index (χ2v) is 6.46. The van der Waals surface area contributed by atoms with E-state index in [1.54, 1.807) is 45.0 Å². The van der Waals surface area contributed by atoms with Crippen molar-refractivity contribution >= 4 is 30.5 Å². The first-order chi connectivity index (χ1) is 11.2. The highest BCUT2D eigenvalue weighted by atomic mass is 32.1. The number of amides is 3. The van der Waals surface area contributed by atoms with E-state index < -0.39 is 11.7 Å². The molecule has 1 rings (SSSR count). The van der Waals surface area contributed by atoms with Gasteiger partial charge in [0.25, 0.3) is 5.91 Å². The van der Waals surface area contributed by atoms with Crippen LogP contribution in [0.1, 0.15) is 31.1 Å². The average molecular weight is 353 g/mol. The molecule has 1 aromatic rings. The predicted octanol–water partition coefficient (Wildman–Crippen LogP) is 1.35. The molecule has 0 fully saturated rings. The fourth-order valence-corrected chi connectivity index (χ4v) is 1.93. The molecule has 24 heavy (non-hydrogen) atoms. The summed E-state index contributed by atoms with van der Waals surface area (Å²) in [5.74, 6) is -0.633. The van der Waals surface area contributed by atoms with Gasteiger partial charge in [0, 0.05) is 18.0 Å². The van der Waals surface area contributed by atoms with Crippen LogP contribution >= 0.6 is 12.6 Å². The Hall–Kier alpha value is -2.22. The van der Waals surface area contributed by atoms with Crippen LogP contribution < -0.4 is 16.0 Å². The molecule has 3 amide bonds. The van der Waals surface area contributed by atoms with Crippen LogP contribution in [-0.2, 0) is 9.53 Å². The van der Waals surface area contributed by atoms with Crippen LogP contribution in [0.3, 0.4) is 0 Å². The lowest BCUT2D eigenvalue weighted by molar-refractivity contribution is -0.120. The Bertz CT molecular complexity index is 599. The first-order valence-corrected chi connectivity index (χ1v) is 7.93. The summed E-state index contributed by atoms with van der Waals surface area (Å²) in [5, 5.41) is 7.61. The van der Waals surface area contributed by atoms with Crippen LogP contribution in [-0.4, -0.2) is 43.1 Å². The lowest BCUT2D eigenvalue weighted by Crippen LogP contribution is -2.42. The monoisotopic (exact) mass is 353 g/mol. The van der Waals surface area contributed by atoms with Gasteiger partial charge < -0.3 is 20.7 Å². The number of hydrogen-bond acceptors (Lipinski definition) is 5. The first-order valence-electron chi connectivity index (χ1n) is 7.49. The van der Waals surface area contributed by atoms with Gasteiger partial charge in [0.2, 0.25) is 5.91 Å². The normalized spacial score (nSPS) is 10.7. The predicted molar refractivity (Wildman–Crippen MR) is 93.3 cm³/mol. The number of nitrogens with one attached hydrogen (secondary N) is 3. The summed E-state index contributed by atoms with van der Waals surface area (Å²) in [5.41, 5.74) is -0.146. The number of thiol groups is 1. The second kappa shape index (κ2) is 9.17. The highest BCUT2D eigenvalue weighted by Gasteiger charge is 2.16. The maximum absolute atomic E-state index is 11.9. The lowest BCUT2D eigenvalue weighted by atomic mass is 10.2. The summed E-state index contributed by atoms with van der Waals surface area (Å²) in [6, 6.07) is 6.93. The second-order valence-electron chi connectivity index (χ2n) is 5.98. The minimum atomic E-state index is -0.656. The third-order valence-electron chi connectivity index (χ3n) is 2.67. The van der Waals surface area contributed by atoms with Gasteiger partial charge in [0.15, 0.2) is 0 Å². The Morgan fingerprint density at radius 3 is 2.29 bits per heavy atom. The van der Waals surface area contributed by atoms with Crippen molar-refractivity contribution in [2.45, 2.75) is 31.3 Å². The van der Waals surface area contributed by atoms with Crippen molar-refractivity contribution < 1.29 is 19.1 Å². The van der Waals surface area contributed by atoms with Crippen LogP contribution in [0.25, 0.3) is 0 Å². The van der Waals surface area contributed by atoms with E-state index in [1.165, 1.54) is 0 Å². The number of alkyl carbamates (subject to hydrolysis) is 1. The molecule has 8 heteroatoms. The number of rotatable bonds is 6. The van der Waals surface area contributed by atoms with Crippen LogP contribution in [0.15, 0.2) is 29.2 Å². The van der Waals surface area contributed by atoms with Crippen molar-refractivity contribution in [2.24, 2.45) is 0 Å². The summed E-state index contributed by atoms with van der Waals surface area (Å²) in [7, 11) is 0. The molecule has 132 valence electrons. The zero-order valence-electron chi connectivity index (χ0n) is 14.0. The fraction of sp³-hybridized carbons (Fsp3) is 0.438. The minimum absolute atomic E-state index is 0.192. The number of ether oxygens (including phenoxy) is 1. The van der Waals surface area contributed by atoms with Gasteiger partial charge in [-0.25, -0.2) is 4.79 Å². The van der Waals surface area contributed by atoms with E-state index in [-0.39, 0.29) is 31.4 Å². The molecule has 0 atom stereocenters. The van der Waals surface area contributed by atoms with E-state index in [0.717, 1.165) is 0 Å². The molecule has 0 aliphatic rings. The van der Waals surface area contributed by atoms with Crippen molar-refractivity contribution in [3.05, 3.63) is 29.8 Å². The molecule has 0 spiro atoms. The highest BCUT2D eigenvalue weighted by molar-refractivity contribution is 7.80. The first kappa shape index (κ1) is 19.8. The molecule has 0 unspecified atom stereocenters. The molecule has 0 aliphatic carbocycles. The zero-order valence-corrected chi connectivity index (χ0v) is 14.9. The van der Waals surface area contributed by atoms with E-state index in [1.807, 2.05) is 0 Å². The lowest BCUT2D eigenvalue weighted by Gasteiger charge is -2.19. The van der Waals surface area contributed by atoms with E-state index in [0.29, 0.717) is 10.5 Å². The van der Waals surface area contributed by atoms with E-state index >= 15 is 0 Å². The van der Waals surface area contributed by atoms with Crippen molar-refractivity contribution in [3.8, 4) is 0 Å². The maximum atomic E-state index is 11.9. The molecule has 0 radical (unpaired) electrons. The summed E-state index contributed by atoms with van der Waals surface area (Å²) in [4.78, 5) is 35.5. The number of carbonyl (C=O) groups is 3. The molecule has 0 aromatic heterocycles. The molecule has 1 aromatic carbocycles. The smallest absolute Gasteiger partial charge is 0.408 e. The standard InChI is InChI=1S/C16H23N3O4S/c1-16(2,3)23-15(22)19-10-13(20)17-8-9-18-14(21)11-6-4-5-7-12(11)24/h4-7,24H,8-10H2,1-3H3,(H,17,20)(H,18,21)(H,19,22). The van der Waals surface area contributed by atoms with Crippen molar-refractivity contribution in [2.75, 3.05) is 19.6 Å². The third kappa shape index (κ3) is 7.87. The number of carbonyl (C=O) groups excluding carboxylic acids is 3. The molecule has 0 aliphatic heterocycles. The third-order valence-corrected chi connectivity index (χ3v) is 3.06. The molecule has 0 saturated heterocycles. The van der Waals surface area contributed by atoms with Gasteiger partial charge in [-0.05, 0) is 32.9 Å². The van der Waals surface area contributed by atoms with Gasteiger partial charge in [-0.1, -0.05) is 12.1 Å². The van der Waals surface area contributed by atoms with Crippen LogP contribution in [0.2, 0.25) is 0 Å². The molecular formula is C16H23N3O4S. The zero-order chi connectivity index (χ0) is 18.2. The van der Waals surface area contributed by atoms with Gasteiger partial charge in [-0.15, -0.1) is 12.6 Å².